The van der Waals surface area contributed by atoms with E-state index in [1.165, 1.54) is 12.8 Å². The number of hydrogen-bond acceptors (Lipinski definition) is 3. The summed E-state index contributed by atoms with van der Waals surface area (Å²) in [7, 11) is 0. The minimum absolute atomic E-state index is 0.284. The summed E-state index contributed by atoms with van der Waals surface area (Å²) < 4.78 is 1.09. The van der Waals surface area contributed by atoms with Crippen LogP contribution in [0.4, 0.5) is 0 Å². The minimum atomic E-state index is 0.284. The highest BCUT2D eigenvalue weighted by atomic mass is 79.9. The van der Waals surface area contributed by atoms with Crippen molar-refractivity contribution in [3.05, 3.63) is 20.8 Å². The van der Waals surface area contributed by atoms with Crippen molar-refractivity contribution in [2.75, 3.05) is 6.54 Å². The maximum atomic E-state index is 11.5. The van der Waals surface area contributed by atoms with Crippen molar-refractivity contribution in [1.29, 1.82) is 0 Å². The summed E-state index contributed by atoms with van der Waals surface area (Å²) >= 11 is 5.02. The molecule has 2 nitrogen and oxygen atoms in total. The van der Waals surface area contributed by atoms with Gasteiger partial charge in [0.2, 0.25) is 0 Å². The van der Waals surface area contributed by atoms with Crippen LogP contribution in [0.3, 0.4) is 0 Å². The zero-order valence-corrected chi connectivity index (χ0v) is 10.2. The van der Waals surface area contributed by atoms with E-state index in [0.29, 0.717) is 19.0 Å². The molecule has 0 atom stereocenters. The van der Waals surface area contributed by atoms with Gasteiger partial charge < -0.3 is 5.32 Å². The Hall–Kier alpha value is -0.190. The Balaban J connectivity index is 1.75. The molecule has 0 aliphatic heterocycles. The summed E-state index contributed by atoms with van der Waals surface area (Å²) in [5.41, 5.74) is 0. The van der Waals surface area contributed by atoms with Gasteiger partial charge in [0.1, 0.15) is 0 Å². The molecule has 0 amide bonds. The molecule has 1 aromatic heterocycles. The Morgan fingerprint density at radius 1 is 1.57 bits per heavy atom. The maximum Gasteiger partial charge on any atom is 0.151 e. The lowest BCUT2D eigenvalue weighted by molar-refractivity contribution is -0.117. The first-order chi connectivity index (χ1) is 6.74. The Morgan fingerprint density at radius 2 is 2.36 bits per heavy atom. The SMILES string of the molecule is O=C(CNC1CC1)Cc1ccc(Br)s1. The lowest BCUT2D eigenvalue weighted by Gasteiger charge is -1.99. The van der Waals surface area contributed by atoms with Crippen LogP contribution in [0.5, 0.6) is 0 Å². The predicted molar refractivity (Wildman–Crippen MR) is 61.8 cm³/mol. The molecule has 4 heteroatoms. The third-order valence-electron chi connectivity index (χ3n) is 2.17. The molecule has 1 saturated carbocycles. The Labute approximate surface area is 95.8 Å². The molecule has 0 bridgehead atoms. The van der Waals surface area contributed by atoms with E-state index < -0.39 is 0 Å². The van der Waals surface area contributed by atoms with Crippen LogP contribution in [0.1, 0.15) is 17.7 Å². The van der Waals surface area contributed by atoms with Crippen LogP contribution in [0, 0.1) is 0 Å². The van der Waals surface area contributed by atoms with Gasteiger partial charge in [0.05, 0.1) is 10.3 Å². The van der Waals surface area contributed by atoms with Gasteiger partial charge in [-0.15, -0.1) is 11.3 Å². The summed E-state index contributed by atoms with van der Waals surface area (Å²) in [6.45, 7) is 0.528. The molecule has 1 aliphatic carbocycles. The molecule has 1 fully saturated rings. The number of hydrogen-bond donors (Lipinski definition) is 1. The highest BCUT2D eigenvalue weighted by Gasteiger charge is 2.21. The third-order valence-corrected chi connectivity index (χ3v) is 3.79. The zero-order valence-electron chi connectivity index (χ0n) is 7.75. The Morgan fingerprint density at radius 3 is 2.93 bits per heavy atom. The first kappa shape index (κ1) is 10.3. The molecule has 1 heterocycles. The van der Waals surface area contributed by atoms with Gasteiger partial charge in [-0.25, -0.2) is 0 Å². The normalized spacial score (nSPS) is 15.8. The Bertz CT molecular complexity index is 333. The molecule has 1 aliphatic rings. The van der Waals surface area contributed by atoms with Gasteiger partial charge in [-0.3, -0.25) is 4.79 Å². The fourth-order valence-electron chi connectivity index (χ4n) is 1.25. The number of rotatable bonds is 5. The van der Waals surface area contributed by atoms with Crippen LogP contribution in [0.2, 0.25) is 0 Å². The summed E-state index contributed by atoms with van der Waals surface area (Å²) in [5.74, 6) is 0.284. The van der Waals surface area contributed by atoms with Crippen molar-refractivity contribution >= 4 is 33.0 Å². The van der Waals surface area contributed by atoms with Gasteiger partial charge in [-0.2, -0.15) is 0 Å². The van der Waals surface area contributed by atoms with E-state index in [4.69, 9.17) is 0 Å². The fourth-order valence-corrected chi connectivity index (χ4v) is 2.76. The van der Waals surface area contributed by atoms with Crippen LogP contribution < -0.4 is 5.32 Å². The average molecular weight is 274 g/mol. The van der Waals surface area contributed by atoms with Gasteiger partial charge in [0.15, 0.2) is 5.78 Å². The van der Waals surface area contributed by atoms with Gasteiger partial charge >= 0.3 is 0 Å². The van der Waals surface area contributed by atoms with Crippen LogP contribution in [0.25, 0.3) is 0 Å². The van der Waals surface area contributed by atoms with E-state index in [2.05, 4.69) is 21.2 Å². The van der Waals surface area contributed by atoms with Gasteiger partial charge in [0, 0.05) is 17.3 Å². The number of halogens is 1. The van der Waals surface area contributed by atoms with E-state index in [1.807, 2.05) is 12.1 Å². The molecule has 1 N–H and O–H groups in total. The van der Waals surface area contributed by atoms with Crippen molar-refractivity contribution < 1.29 is 4.79 Å². The van der Waals surface area contributed by atoms with Crippen molar-refractivity contribution in [3.8, 4) is 0 Å². The van der Waals surface area contributed by atoms with Crippen LogP contribution in [-0.4, -0.2) is 18.4 Å². The molecule has 0 aromatic carbocycles. The van der Waals surface area contributed by atoms with E-state index in [1.54, 1.807) is 11.3 Å². The second-order valence-corrected chi connectivity index (χ2v) is 6.12. The molecule has 0 saturated heterocycles. The maximum absolute atomic E-state index is 11.5. The molecule has 14 heavy (non-hydrogen) atoms. The topological polar surface area (TPSA) is 29.1 Å². The van der Waals surface area contributed by atoms with Crippen LogP contribution >= 0.6 is 27.3 Å². The summed E-state index contributed by atoms with van der Waals surface area (Å²) in [5, 5.41) is 3.23. The fraction of sp³-hybridized carbons (Fsp3) is 0.500. The third kappa shape index (κ3) is 3.19. The number of nitrogens with one attached hydrogen (secondary N) is 1. The first-order valence-electron chi connectivity index (χ1n) is 4.73. The highest BCUT2D eigenvalue weighted by molar-refractivity contribution is 9.11. The second kappa shape index (κ2) is 4.55. The predicted octanol–water partition coefficient (Wildman–Crippen LogP) is 2.37. The molecule has 0 unspecified atom stereocenters. The molecular weight excluding hydrogens is 262 g/mol. The summed E-state index contributed by atoms with van der Waals surface area (Å²) in [4.78, 5) is 12.6. The number of ketones is 1. The smallest absolute Gasteiger partial charge is 0.151 e. The number of carbonyl (C=O) groups excluding carboxylic acids is 1. The first-order valence-corrected chi connectivity index (χ1v) is 6.34. The monoisotopic (exact) mass is 273 g/mol. The van der Waals surface area contributed by atoms with E-state index in [-0.39, 0.29) is 5.78 Å². The highest BCUT2D eigenvalue weighted by Crippen LogP contribution is 2.22. The molecule has 76 valence electrons. The van der Waals surface area contributed by atoms with Gasteiger partial charge in [-0.1, -0.05) is 0 Å². The largest absolute Gasteiger partial charge is 0.307 e. The molecule has 2 rings (SSSR count). The summed E-state index contributed by atoms with van der Waals surface area (Å²) in [6, 6.07) is 4.61. The number of Topliss-reactive ketones (excluding diaryl/α,β-unsaturated/α-hetero) is 1. The standard InChI is InChI=1S/C10H12BrNOS/c11-10-4-3-9(14-10)5-8(13)6-12-7-1-2-7/h3-4,7,12H,1-2,5-6H2. The Kier molecular flexibility index (Phi) is 3.36. The number of thiophene rings is 1. The van der Waals surface area contributed by atoms with Crippen LogP contribution in [-0.2, 0) is 11.2 Å². The minimum Gasteiger partial charge on any atom is -0.307 e. The quantitative estimate of drug-likeness (QED) is 0.893. The summed E-state index contributed by atoms with van der Waals surface area (Å²) in [6.07, 6.45) is 3.03. The van der Waals surface area contributed by atoms with Crippen molar-refractivity contribution in [2.24, 2.45) is 0 Å². The molecular formula is C10H12BrNOS. The molecule has 0 radical (unpaired) electrons. The molecule has 0 spiro atoms. The van der Waals surface area contributed by atoms with Crippen LogP contribution in [0.15, 0.2) is 15.9 Å². The van der Waals surface area contributed by atoms with E-state index >= 15 is 0 Å². The average Bonchev–Trinajstić information content (AvgIpc) is 2.88. The zero-order chi connectivity index (χ0) is 9.97. The van der Waals surface area contributed by atoms with Crippen molar-refractivity contribution in [1.82, 2.24) is 5.32 Å². The van der Waals surface area contributed by atoms with Gasteiger partial charge in [0.25, 0.3) is 0 Å². The van der Waals surface area contributed by atoms with E-state index in [9.17, 15) is 4.79 Å². The van der Waals surface area contributed by atoms with Crippen molar-refractivity contribution in [3.63, 3.8) is 0 Å². The molecule has 1 aromatic rings. The lowest BCUT2D eigenvalue weighted by Crippen LogP contribution is -2.25. The lowest BCUT2D eigenvalue weighted by atomic mass is 10.2. The number of carbonyl (C=O) groups is 1. The van der Waals surface area contributed by atoms with Crippen molar-refractivity contribution in [2.45, 2.75) is 25.3 Å². The van der Waals surface area contributed by atoms with E-state index in [0.717, 1.165) is 8.66 Å². The van der Waals surface area contributed by atoms with Gasteiger partial charge in [-0.05, 0) is 40.9 Å². The second-order valence-electron chi connectivity index (χ2n) is 3.58.